The van der Waals surface area contributed by atoms with Crippen molar-refractivity contribution in [2.45, 2.75) is 23.8 Å². The molecule has 0 saturated heterocycles. The Morgan fingerprint density at radius 3 is 1.95 bits per heavy atom. The van der Waals surface area contributed by atoms with E-state index in [0.29, 0.717) is 28.4 Å². The van der Waals surface area contributed by atoms with Crippen molar-refractivity contribution in [2.24, 2.45) is 5.73 Å². The molecule has 0 aliphatic heterocycles. The molecular formula is C29H35N2O8S2-. The molecule has 12 heteroatoms. The van der Waals surface area contributed by atoms with Gasteiger partial charge in [0.05, 0.1) is 37.3 Å². The molecule has 0 radical (unpaired) electrons. The summed E-state index contributed by atoms with van der Waals surface area (Å²) in [5.74, 6) is 0.800. The van der Waals surface area contributed by atoms with Gasteiger partial charge in [0.25, 0.3) is 0 Å². The Balaban J connectivity index is 0.000000377. The number of nitrogens with zero attached hydrogens (tertiary/aromatic N) is 1. The van der Waals surface area contributed by atoms with E-state index in [-0.39, 0.29) is 16.5 Å². The molecule has 10 nitrogen and oxygen atoms in total. The van der Waals surface area contributed by atoms with Gasteiger partial charge in [0, 0.05) is 5.56 Å². The zero-order chi connectivity index (χ0) is 30.8. The first-order valence-electron chi connectivity index (χ1n) is 12.4. The lowest BCUT2D eigenvalue weighted by molar-refractivity contribution is 0.0119. The number of rotatable bonds is 11. The van der Waals surface area contributed by atoms with Crippen LogP contribution < -0.4 is 19.9 Å². The first-order chi connectivity index (χ1) is 19.3. The van der Waals surface area contributed by atoms with Gasteiger partial charge < -0.3 is 29.2 Å². The molecule has 0 saturated carbocycles. The number of carbonyl (C=O) groups is 1. The Morgan fingerprint density at radius 2 is 1.51 bits per heavy atom. The van der Waals surface area contributed by atoms with E-state index in [4.69, 9.17) is 24.7 Å². The standard InChI is InChI=1S/C22H29NO5.C7H7NO3S2/c1-7-22(23(2)3,17-11-9-8-10-12-17)15-28-21(24)16-13-18(25-4)20(27-6)19(14-16)26-5;8-7(12)5-2-1-3-6(4-5)13(9,10)11/h8-14H,7,15H2,1-6H3;1-4H,(H2,8,12)(H,9,10,11)/p-1. The maximum Gasteiger partial charge on any atom is 0.338 e. The van der Waals surface area contributed by atoms with E-state index in [9.17, 15) is 17.8 Å². The van der Waals surface area contributed by atoms with Crippen molar-refractivity contribution in [3.8, 4) is 17.2 Å². The molecule has 0 amide bonds. The van der Waals surface area contributed by atoms with Gasteiger partial charge in [-0.15, -0.1) is 0 Å². The third kappa shape index (κ3) is 8.40. The molecular weight excluding hydrogens is 568 g/mol. The van der Waals surface area contributed by atoms with E-state index < -0.39 is 21.6 Å². The summed E-state index contributed by atoms with van der Waals surface area (Å²) in [5.41, 5.74) is 6.65. The van der Waals surface area contributed by atoms with Gasteiger partial charge in [-0.25, -0.2) is 13.2 Å². The topological polar surface area (TPSA) is 140 Å². The molecule has 1 atom stereocenters. The average molecular weight is 604 g/mol. The molecule has 41 heavy (non-hydrogen) atoms. The molecule has 2 N–H and O–H groups in total. The molecule has 0 aliphatic carbocycles. The fraction of sp³-hybridized carbons (Fsp3) is 0.310. The number of thiocarbonyl (C=S) groups is 1. The Hall–Kier alpha value is -3.71. The summed E-state index contributed by atoms with van der Waals surface area (Å²) in [6.45, 7) is 2.30. The van der Waals surface area contributed by atoms with Crippen molar-refractivity contribution in [3.05, 3.63) is 83.4 Å². The number of likely N-dealkylation sites (N-methyl/N-ethyl adjacent to an activating group) is 1. The lowest BCUT2D eigenvalue weighted by atomic mass is 9.87. The van der Waals surface area contributed by atoms with Crippen LogP contribution >= 0.6 is 12.2 Å². The number of carbonyl (C=O) groups excluding carboxylic acids is 1. The maximum atomic E-state index is 12.8. The second-order valence-electron chi connectivity index (χ2n) is 8.98. The van der Waals surface area contributed by atoms with Crippen LogP contribution in [0.1, 0.15) is 34.8 Å². The van der Waals surface area contributed by atoms with Crippen LogP contribution in [0, 0.1) is 0 Å². The quantitative estimate of drug-likeness (QED) is 0.193. The molecule has 3 aromatic rings. The molecule has 0 spiro atoms. The minimum absolute atomic E-state index is 0.0606. The molecule has 0 heterocycles. The van der Waals surface area contributed by atoms with Gasteiger partial charge in [0.2, 0.25) is 5.75 Å². The highest BCUT2D eigenvalue weighted by Crippen LogP contribution is 2.38. The Morgan fingerprint density at radius 1 is 0.927 bits per heavy atom. The number of hydrogen-bond donors (Lipinski definition) is 1. The summed E-state index contributed by atoms with van der Waals surface area (Å²) in [7, 11) is 4.09. The zero-order valence-electron chi connectivity index (χ0n) is 23.9. The predicted octanol–water partition coefficient (Wildman–Crippen LogP) is 3.96. The summed E-state index contributed by atoms with van der Waals surface area (Å²) < 4.78 is 53.4. The molecule has 3 rings (SSSR count). The largest absolute Gasteiger partial charge is 0.744 e. The maximum absolute atomic E-state index is 12.8. The number of benzene rings is 3. The zero-order valence-corrected chi connectivity index (χ0v) is 25.5. The molecule has 1 unspecified atom stereocenters. The lowest BCUT2D eigenvalue weighted by Gasteiger charge is -2.39. The number of hydrogen-bond acceptors (Lipinski definition) is 10. The highest BCUT2D eigenvalue weighted by Gasteiger charge is 2.35. The summed E-state index contributed by atoms with van der Waals surface area (Å²) in [6.07, 6.45) is 0.784. The number of methoxy groups -OCH3 is 3. The van der Waals surface area contributed by atoms with E-state index >= 15 is 0 Å². The summed E-state index contributed by atoms with van der Waals surface area (Å²) in [4.78, 5) is 14.6. The van der Waals surface area contributed by atoms with E-state index in [2.05, 4.69) is 36.2 Å². The van der Waals surface area contributed by atoms with Crippen molar-refractivity contribution in [1.82, 2.24) is 4.90 Å². The number of esters is 1. The van der Waals surface area contributed by atoms with Crippen LogP contribution in [0.2, 0.25) is 0 Å². The predicted molar refractivity (Wildman–Crippen MR) is 159 cm³/mol. The van der Waals surface area contributed by atoms with Crippen LogP contribution in [0.5, 0.6) is 17.2 Å². The summed E-state index contributed by atoms with van der Waals surface area (Å²) in [5, 5.41) is 0. The van der Waals surface area contributed by atoms with Crippen molar-refractivity contribution < 1.29 is 36.7 Å². The van der Waals surface area contributed by atoms with Gasteiger partial charge in [-0.2, -0.15) is 0 Å². The lowest BCUT2D eigenvalue weighted by Crippen LogP contribution is -2.45. The Bertz CT molecular complexity index is 1420. The van der Waals surface area contributed by atoms with Crippen LogP contribution in [0.4, 0.5) is 0 Å². The Kier molecular flexibility index (Phi) is 12.1. The normalized spacial score (nSPS) is 12.4. The van der Waals surface area contributed by atoms with Crippen molar-refractivity contribution in [2.75, 3.05) is 42.0 Å². The first kappa shape index (κ1) is 33.5. The van der Waals surface area contributed by atoms with Crippen molar-refractivity contribution in [3.63, 3.8) is 0 Å². The van der Waals surface area contributed by atoms with Crippen LogP contribution in [0.25, 0.3) is 0 Å². The van der Waals surface area contributed by atoms with Gasteiger partial charge in [-0.1, -0.05) is 61.6 Å². The van der Waals surface area contributed by atoms with Gasteiger partial charge in [0.15, 0.2) is 11.5 Å². The molecule has 0 fully saturated rings. The van der Waals surface area contributed by atoms with E-state index in [1.165, 1.54) is 39.5 Å². The van der Waals surface area contributed by atoms with E-state index in [1.807, 2.05) is 32.3 Å². The molecule has 0 bridgehead atoms. The van der Waals surface area contributed by atoms with Gasteiger partial charge >= 0.3 is 5.97 Å². The molecule has 0 aromatic heterocycles. The Labute approximate surface area is 246 Å². The van der Waals surface area contributed by atoms with Crippen LogP contribution in [0.15, 0.2) is 71.6 Å². The van der Waals surface area contributed by atoms with Crippen LogP contribution in [-0.2, 0) is 20.4 Å². The van der Waals surface area contributed by atoms with E-state index in [1.54, 1.807) is 12.1 Å². The monoisotopic (exact) mass is 603 g/mol. The third-order valence-corrected chi connectivity index (χ3v) is 7.57. The van der Waals surface area contributed by atoms with Gasteiger partial charge in [-0.05, 0) is 50.3 Å². The third-order valence-electron chi connectivity index (χ3n) is 6.50. The molecule has 222 valence electrons. The number of ether oxygens (including phenoxy) is 4. The van der Waals surface area contributed by atoms with Crippen LogP contribution in [-0.4, -0.2) is 70.9 Å². The average Bonchev–Trinajstić information content (AvgIpc) is 2.97. The smallest absolute Gasteiger partial charge is 0.338 e. The second-order valence-corrected chi connectivity index (χ2v) is 10.8. The van der Waals surface area contributed by atoms with Gasteiger partial charge in [-0.3, -0.25) is 4.90 Å². The summed E-state index contributed by atoms with van der Waals surface area (Å²) in [6, 6.07) is 18.6. The van der Waals surface area contributed by atoms with Crippen molar-refractivity contribution >= 4 is 33.3 Å². The first-order valence-corrected chi connectivity index (χ1v) is 14.2. The molecule has 0 aliphatic rings. The highest BCUT2D eigenvalue weighted by molar-refractivity contribution is 7.85. The van der Waals surface area contributed by atoms with Gasteiger partial charge in [0.1, 0.15) is 21.7 Å². The van der Waals surface area contributed by atoms with Crippen molar-refractivity contribution in [1.29, 1.82) is 0 Å². The fourth-order valence-corrected chi connectivity index (χ4v) is 4.76. The fourth-order valence-electron chi connectivity index (χ4n) is 4.11. The van der Waals surface area contributed by atoms with E-state index in [0.717, 1.165) is 18.1 Å². The minimum atomic E-state index is -4.42. The second kappa shape index (κ2) is 14.8. The number of nitrogens with two attached hydrogens (primary N) is 1. The van der Waals surface area contributed by atoms with Crippen LogP contribution in [0.3, 0.4) is 0 Å². The minimum Gasteiger partial charge on any atom is -0.744 e. The molecule has 3 aromatic carbocycles. The SMILES string of the molecule is CCC(COC(=O)c1cc(OC)c(OC)c(OC)c1)(c1ccccc1)N(C)C.NC(=S)c1cccc(S(=O)(=O)[O-])c1. The highest BCUT2D eigenvalue weighted by atomic mass is 32.2. The summed E-state index contributed by atoms with van der Waals surface area (Å²) >= 11 is 4.63.